The van der Waals surface area contributed by atoms with Gasteiger partial charge in [0.1, 0.15) is 0 Å². The van der Waals surface area contributed by atoms with Gasteiger partial charge in [0.05, 0.1) is 25.7 Å². The Morgan fingerprint density at radius 2 is 1.42 bits per heavy atom. The summed E-state index contributed by atoms with van der Waals surface area (Å²) < 4.78 is 10.8. The Labute approximate surface area is 149 Å². The maximum Gasteiger partial charge on any atom is 0.308 e. The summed E-state index contributed by atoms with van der Waals surface area (Å²) >= 11 is 0. The quantitative estimate of drug-likeness (QED) is 0.279. The smallest absolute Gasteiger partial charge is 0.308 e. The molecule has 0 N–H and O–H groups in total. The molecule has 0 aliphatic carbocycles. The van der Waals surface area contributed by atoms with Crippen LogP contribution < -0.4 is 0 Å². The molecule has 2 unspecified atom stereocenters. The highest BCUT2D eigenvalue weighted by Crippen LogP contribution is 2.25. The number of rotatable bonds is 14. The van der Waals surface area contributed by atoms with Crippen LogP contribution in [-0.2, 0) is 14.3 Å². The molecule has 0 saturated carbocycles. The fourth-order valence-electron chi connectivity index (χ4n) is 3.65. The van der Waals surface area contributed by atoms with Gasteiger partial charge in [-0.1, -0.05) is 77.6 Å². The number of hydrogen-bond donors (Lipinski definition) is 0. The lowest BCUT2D eigenvalue weighted by Gasteiger charge is -2.29. The lowest BCUT2D eigenvalue weighted by atomic mass is 9.97. The van der Waals surface area contributed by atoms with Gasteiger partial charge in [0.25, 0.3) is 0 Å². The lowest BCUT2D eigenvalue weighted by Crippen LogP contribution is -2.29. The van der Waals surface area contributed by atoms with E-state index < -0.39 is 0 Å². The molecule has 142 valence electrons. The zero-order valence-electron chi connectivity index (χ0n) is 16.2. The van der Waals surface area contributed by atoms with E-state index in [1.807, 2.05) is 0 Å². The zero-order valence-corrected chi connectivity index (χ0v) is 16.2. The van der Waals surface area contributed by atoms with E-state index in [2.05, 4.69) is 6.92 Å². The van der Waals surface area contributed by atoms with Crippen molar-refractivity contribution in [3.8, 4) is 0 Å². The highest BCUT2D eigenvalue weighted by molar-refractivity contribution is 5.69. The molecule has 0 aromatic carbocycles. The Hall–Kier alpha value is -0.570. The molecule has 2 atom stereocenters. The van der Waals surface area contributed by atoms with Crippen molar-refractivity contribution in [3.05, 3.63) is 0 Å². The maximum absolute atomic E-state index is 11.3. The van der Waals surface area contributed by atoms with Crippen LogP contribution in [0.15, 0.2) is 0 Å². The predicted octanol–water partition coefficient (Wildman–Crippen LogP) is 6.19. The van der Waals surface area contributed by atoms with Crippen LogP contribution in [0, 0.1) is 0 Å². The van der Waals surface area contributed by atoms with E-state index in [1.54, 1.807) is 0 Å². The van der Waals surface area contributed by atoms with E-state index in [9.17, 15) is 4.79 Å². The number of unbranched alkanes of at least 4 members (excludes halogenated alkanes) is 10. The minimum absolute atomic E-state index is 0.0870. The number of methoxy groups -OCH3 is 1. The van der Waals surface area contributed by atoms with E-state index >= 15 is 0 Å². The van der Waals surface area contributed by atoms with Crippen molar-refractivity contribution >= 4 is 5.97 Å². The summed E-state index contributed by atoms with van der Waals surface area (Å²) in [6.07, 6.45) is 20.6. The van der Waals surface area contributed by atoms with E-state index in [1.165, 1.54) is 84.2 Å². The van der Waals surface area contributed by atoms with Crippen molar-refractivity contribution in [1.29, 1.82) is 0 Å². The highest BCUT2D eigenvalue weighted by atomic mass is 16.5. The molecule has 0 spiro atoms. The molecule has 24 heavy (non-hydrogen) atoms. The van der Waals surface area contributed by atoms with Crippen LogP contribution >= 0.6 is 0 Å². The molecule has 1 aliphatic rings. The van der Waals surface area contributed by atoms with Crippen LogP contribution in [0.5, 0.6) is 0 Å². The number of carbonyl (C=O) groups is 1. The van der Waals surface area contributed by atoms with E-state index in [4.69, 9.17) is 9.47 Å². The minimum Gasteiger partial charge on any atom is -0.469 e. The van der Waals surface area contributed by atoms with Crippen LogP contribution in [0.4, 0.5) is 0 Å². The van der Waals surface area contributed by atoms with Gasteiger partial charge >= 0.3 is 5.97 Å². The Kier molecular flexibility index (Phi) is 13.2. The summed E-state index contributed by atoms with van der Waals surface area (Å²) in [5.74, 6) is -0.143. The first kappa shape index (κ1) is 21.5. The fourth-order valence-corrected chi connectivity index (χ4v) is 3.65. The lowest BCUT2D eigenvalue weighted by molar-refractivity contribution is -0.147. The first-order valence-electron chi connectivity index (χ1n) is 10.5. The second kappa shape index (κ2) is 14.7. The van der Waals surface area contributed by atoms with Crippen molar-refractivity contribution in [2.75, 3.05) is 7.11 Å². The topological polar surface area (TPSA) is 35.5 Å². The molecule has 3 nitrogen and oxygen atoms in total. The molecule has 0 aromatic heterocycles. The van der Waals surface area contributed by atoms with Gasteiger partial charge < -0.3 is 9.47 Å². The summed E-state index contributed by atoms with van der Waals surface area (Å²) in [6, 6.07) is 0. The van der Waals surface area contributed by atoms with Crippen LogP contribution in [-0.4, -0.2) is 25.3 Å². The highest BCUT2D eigenvalue weighted by Gasteiger charge is 2.24. The van der Waals surface area contributed by atoms with Crippen molar-refractivity contribution in [3.63, 3.8) is 0 Å². The van der Waals surface area contributed by atoms with Gasteiger partial charge in [0.15, 0.2) is 0 Å². The molecule has 1 rings (SSSR count). The van der Waals surface area contributed by atoms with Gasteiger partial charge in [-0.2, -0.15) is 0 Å². The normalized spacial score (nSPS) is 20.9. The summed E-state index contributed by atoms with van der Waals surface area (Å²) in [6.45, 7) is 2.28. The van der Waals surface area contributed by atoms with Crippen LogP contribution in [0.25, 0.3) is 0 Å². The summed E-state index contributed by atoms with van der Waals surface area (Å²) in [5, 5.41) is 0. The zero-order chi connectivity index (χ0) is 17.5. The van der Waals surface area contributed by atoms with E-state index in [0.29, 0.717) is 12.5 Å². The Morgan fingerprint density at radius 3 is 2.00 bits per heavy atom. The molecule has 0 aromatic rings. The van der Waals surface area contributed by atoms with Crippen molar-refractivity contribution in [2.24, 2.45) is 0 Å². The minimum atomic E-state index is -0.143. The average molecular weight is 341 g/mol. The molecule has 0 bridgehead atoms. The second-order valence-electron chi connectivity index (χ2n) is 7.42. The standard InChI is InChI=1S/C21H40O3/c1-3-4-5-6-7-8-9-10-11-12-13-15-19-16-14-17-20(24-19)18-21(22)23-2/h19-20H,3-18H2,1-2H3. The maximum atomic E-state index is 11.3. The third-order valence-electron chi connectivity index (χ3n) is 5.19. The number of ether oxygens (including phenoxy) is 2. The van der Waals surface area contributed by atoms with Crippen LogP contribution in [0.1, 0.15) is 110 Å². The monoisotopic (exact) mass is 340 g/mol. The first-order valence-corrected chi connectivity index (χ1v) is 10.5. The first-order chi connectivity index (χ1) is 11.8. The second-order valence-corrected chi connectivity index (χ2v) is 7.42. The Bertz CT molecular complexity index is 303. The van der Waals surface area contributed by atoms with Gasteiger partial charge in [0, 0.05) is 0 Å². The van der Waals surface area contributed by atoms with Gasteiger partial charge in [-0.3, -0.25) is 4.79 Å². The SMILES string of the molecule is CCCCCCCCCCCCCC1CCCC(CC(=O)OC)O1. The van der Waals surface area contributed by atoms with Crippen LogP contribution in [0.2, 0.25) is 0 Å². The molecule has 0 amide bonds. The molecule has 1 aliphatic heterocycles. The van der Waals surface area contributed by atoms with Gasteiger partial charge in [-0.15, -0.1) is 0 Å². The molecule has 1 heterocycles. The molecular formula is C21H40O3. The van der Waals surface area contributed by atoms with Crippen molar-refractivity contribution in [2.45, 2.75) is 122 Å². The number of carbonyl (C=O) groups excluding carboxylic acids is 1. The van der Waals surface area contributed by atoms with E-state index in [0.717, 1.165) is 19.3 Å². The van der Waals surface area contributed by atoms with Crippen LogP contribution in [0.3, 0.4) is 0 Å². The largest absolute Gasteiger partial charge is 0.469 e. The average Bonchev–Trinajstić information content (AvgIpc) is 2.60. The molecule has 0 radical (unpaired) electrons. The molecule has 3 heteroatoms. The third kappa shape index (κ3) is 11.1. The van der Waals surface area contributed by atoms with Crippen molar-refractivity contribution in [1.82, 2.24) is 0 Å². The predicted molar refractivity (Wildman–Crippen MR) is 100 cm³/mol. The summed E-state index contributed by atoms with van der Waals surface area (Å²) in [4.78, 5) is 11.3. The van der Waals surface area contributed by atoms with E-state index in [-0.39, 0.29) is 12.1 Å². The number of hydrogen-bond acceptors (Lipinski definition) is 3. The molecule has 1 fully saturated rings. The van der Waals surface area contributed by atoms with Gasteiger partial charge in [-0.25, -0.2) is 0 Å². The Balaban J connectivity index is 1.91. The summed E-state index contributed by atoms with van der Waals surface area (Å²) in [7, 11) is 1.45. The summed E-state index contributed by atoms with van der Waals surface area (Å²) in [5.41, 5.74) is 0. The molecular weight excluding hydrogens is 300 g/mol. The Morgan fingerprint density at radius 1 is 0.875 bits per heavy atom. The number of esters is 1. The van der Waals surface area contributed by atoms with Crippen molar-refractivity contribution < 1.29 is 14.3 Å². The molecule has 1 saturated heterocycles. The van der Waals surface area contributed by atoms with Gasteiger partial charge in [-0.05, 0) is 25.7 Å². The fraction of sp³-hybridized carbons (Fsp3) is 0.952. The van der Waals surface area contributed by atoms with Gasteiger partial charge in [0.2, 0.25) is 0 Å². The third-order valence-corrected chi connectivity index (χ3v) is 5.19.